The number of hydrogen-bond acceptors (Lipinski definition) is 4. The van der Waals surface area contributed by atoms with Crippen LogP contribution in [-0.2, 0) is 14.8 Å². The molecule has 0 aromatic heterocycles. The first-order chi connectivity index (χ1) is 9.44. The minimum atomic E-state index is -3.09. The Hall–Kier alpha value is -0.660. The number of nitrogens with one attached hydrogen (secondary N) is 2. The summed E-state index contributed by atoms with van der Waals surface area (Å²) in [5, 5.41) is 6.35. The van der Waals surface area contributed by atoms with Crippen molar-refractivity contribution in [2.24, 2.45) is 5.92 Å². The lowest BCUT2D eigenvalue weighted by Crippen LogP contribution is -2.49. The van der Waals surface area contributed by atoms with E-state index in [0.717, 1.165) is 13.0 Å². The molecule has 2 unspecified atom stereocenters. The zero-order valence-electron chi connectivity index (χ0n) is 12.3. The molecule has 2 heterocycles. The van der Waals surface area contributed by atoms with Crippen molar-refractivity contribution in [2.75, 3.05) is 25.4 Å². The Bertz CT molecular complexity index is 444. The van der Waals surface area contributed by atoms with Crippen molar-refractivity contribution in [3.8, 4) is 0 Å². The SMILES string of the molecule is CCS(=O)(=O)N1CCC(NC(=O)C2CCNC2C)CC1. The lowest BCUT2D eigenvalue weighted by atomic mass is 9.99. The smallest absolute Gasteiger partial charge is 0.224 e. The fraction of sp³-hybridized carbons (Fsp3) is 0.923. The van der Waals surface area contributed by atoms with Crippen LogP contribution in [0.3, 0.4) is 0 Å². The van der Waals surface area contributed by atoms with Gasteiger partial charge in [-0.05, 0) is 39.7 Å². The molecular formula is C13H25N3O3S. The van der Waals surface area contributed by atoms with Crippen LogP contribution < -0.4 is 10.6 Å². The Morgan fingerprint density at radius 3 is 2.45 bits per heavy atom. The lowest BCUT2D eigenvalue weighted by molar-refractivity contribution is -0.126. The number of rotatable bonds is 4. The van der Waals surface area contributed by atoms with E-state index in [1.807, 2.05) is 6.92 Å². The maximum absolute atomic E-state index is 12.2. The van der Waals surface area contributed by atoms with Crippen LogP contribution in [0, 0.1) is 5.92 Å². The predicted octanol–water partition coefficient (Wildman–Crippen LogP) is -0.0853. The molecule has 6 nitrogen and oxygen atoms in total. The summed E-state index contributed by atoms with van der Waals surface area (Å²) >= 11 is 0. The maximum atomic E-state index is 12.2. The number of carbonyl (C=O) groups is 1. The highest BCUT2D eigenvalue weighted by Gasteiger charge is 2.32. The van der Waals surface area contributed by atoms with Gasteiger partial charge in [0.05, 0.1) is 11.7 Å². The van der Waals surface area contributed by atoms with Crippen LogP contribution >= 0.6 is 0 Å². The first kappa shape index (κ1) is 15.7. The monoisotopic (exact) mass is 303 g/mol. The van der Waals surface area contributed by atoms with Gasteiger partial charge in [-0.3, -0.25) is 4.79 Å². The molecule has 0 bridgehead atoms. The Kier molecular flexibility index (Phi) is 5.04. The summed E-state index contributed by atoms with van der Waals surface area (Å²) in [5.74, 6) is 0.307. The average Bonchev–Trinajstić information content (AvgIpc) is 2.85. The molecule has 0 spiro atoms. The van der Waals surface area contributed by atoms with Crippen molar-refractivity contribution >= 4 is 15.9 Å². The van der Waals surface area contributed by atoms with Crippen molar-refractivity contribution in [3.63, 3.8) is 0 Å². The minimum absolute atomic E-state index is 0.0485. The van der Waals surface area contributed by atoms with Gasteiger partial charge in [-0.25, -0.2) is 12.7 Å². The van der Waals surface area contributed by atoms with Gasteiger partial charge in [-0.2, -0.15) is 0 Å². The van der Waals surface area contributed by atoms with Gasteiger partial charge in [-0.1, -0.05) is 0 Å². The molecule has 2 atom stereocenters. The summed E-state index contributed by atoms with van der Waals surface area (Å²) in [6.45, 7) is 5.62. The highest BCUT2D eigenvalue weighted by atomic mass is 32.2. The standard InChI is InChI=1S/C13H25N3O3S/c1-3-20(18,19)16-8-5-11(6-9-16)15-13(17)12-4-7-14-10(12)2/h10-12,14H,3-9H2,1-2H3,(H,15,17). The number of amides is 1. The first-order valence-corrected chi connectivity index (χ1v) is 9.06. The van der Waals surface area contributed by atoms with Gasteiger partial charge < -0.3 is 10.6 Å². The fourth-order valence-corrected chi connectivity index (χ4v) is 4.12. The molecule has 7 heteroatoms. The Balaban J connectivity index is 1.81. The normalized spacial score (nSPS) is 29.5. The molecular weight excluding hydrogens is 278 g/mol. The topological polar surface area (TPSA) is 78.5 Å². The van der Waals surface area contributed by atoms with Crippen molar-refractivity contribution < 1.29 is 13.2 Å². The molecule has 1 amide bonds. The Morgan fingerprint density at radius 1 is 1.30 bits per heavy atom. The molecule has 2 aliphatic rings. The van der Waals surface area contributed by atoms with E-state index in [0.29, 0.717) is 25.9 Å². The molecule has 20 heavy (non-hydrogen) atoms. The van der Waals surface area contributed by atoms with Gasteiger partial charge in [0.15, 0.2) is 0 Å². The third-order valence-electron chi connectivity index (χ3n) is 4.42. The summed E-state index contributed by atoms with van der Waals surface area (Å²) in [7, 11) is -3.09. The second-order valence-corrected chi connectivity index (χ2v) is 7.98. The van der Waals surface area contributed by atoms with Crippen molar-refractivity contribution in [2.45, 2.75) is 45.2 Å². The molecule has 2 N–H and O–H groups in total. The van der Waals surface area contributed by atoms with E-state index >= 15 is 0 Å². The molecule has 0 aromatic carbocycles. The van der Waals surface area contributed by atoms with E-state index < -0.39 is 10.0 Å². The van der Waals surface area contributed by atoms with Crippen LogP contribution in [0.15, 0.2) is 0 Å². The predicted molar refractivity (Wildman–Crippen MR) is 77.8 cm³/mol. The van der Waals surface area contributed by atoms with Gasteiger partial charge in [0, 0.05) is 25.2 Å². The third-order valence-corrected chi connectivity index (χ3v) is 6.30. The lowest BCUT2D eigenvalue weighted by Gasteiger charge is -2.32. The largest absolute Gasteiger partial charge is 0.353 e. The van der Waals surface area contributed by atoms with E-state index in [1.54, 1.807) is 6.92 Å². The van der Waals surface area contributed by atoms with Crippen LogP contribution in [0.4, 0.5) is 0 Å². The zero-order chi connectivity index (χ0) is 14.8. The second-order valence-electron chi connectivity index (χ2n) is 5.72. The van der Waals surface area contributed by atoms with Crippen LogP contribution in [0.25, 0.3) is 0 Å². The third kappa shape index (κ3) is 3.51. The summed E-state index contributed by atoms with van der Waals surface area (Å²) in [5.41, 5.74) is 0. The van der Waals surface area contributed by atoms with E-state index in [-0.39, 0.29) is 29.7 Å². The molecule has 0 radical (unpaired) electrons. The van der Waals surface area contributed by atoms with Crippen LogP contribution in [0.5, 0.6) is 0 Å². The molecule has 116 valence electrons. The molecule has 2 aliphatic heterocycles. The van der Waals surface area contributed by atoms with Crippen LogP contribution in [-0.4, -0.2) is 56.1 Å². The Morgan fingerprint density at radius 2 is 1.95 bits per heavy atom. The van der Waals surface area contributed by atoms with Gasteiger partial charge >= 0.3 is 0 Å². The van der Waals surface area contributed by atoms with Gasteiger partial charge in [0.1, 0.15) is 0 Å². The van der Waals surface area contributed by atoms with Gasteiger partial charge in [0.2, 0.25) is 15.9 Å². The summed E-state index contributed by atoms with van der Waals surface area (Å²) in [4.78, 5) is 12.2. The molecule has 2 fully saturated rings. The molecule has 0 saturated carbocycles. The zero-order valence-corrected chi connectivity index (χ0v) is 13.1. The summed E-state index contributed by atoms with van der Waals surface area (Å²) in [6, 6.07) is 0.342. The van der Waals surface area contributed by atoms with Gasteiger partial charge in [-0.15, -0.1) is 0 Å². The van der Waals surface area contributed by atoms with E-state index in [2.05, 4.69) is 10.6 Å². The quantitative estimate of drug-likeness (QED) is 0.761. The van der Waals surface area contributed by atoms with Gasteiger partial charge in [0.25, 0.3) is 0 Å². The molecule has 0 aliphatic carbocycles. The number of hydrogen-bond donors (Lipinski definition) is 2. The van der Waals surface area contributed by atoms with Crippen molar-refractivity contribution in [3.05, 3.63) is 0 Å². The number of sulfonamides is 1. The Labute approximate surface area is 121 Å². The second kappa shape index (κ2) is 6.41. The summed E-state index contributed by atoms with van der Waals surface area (Å²) < 4.78 is 25.1. The highest BCUT2D eigenvalue weighted by Crippen LogP contribution is 2.18. The number of nitrogens with zero attached hydrogens (tertiary/aromatic N) is 1. The van der Waals surface area contributed by atoms with Crippen LogP contribution in [0.2, 0.25) is 0 Å². The van der Waals surface area contributed by atoms with Crippen molar-refractivity contribution in [1.82, 2.24) is 14.9 Å². The average molecular weight is 303 g/mol. The van der Waals surface area contributed by atoms with Crippen LogP contribution in [0.1, 0.15) is 33.1 Å². The highest BCUT2D eigenvalue weighted by molar-refractivity contribution is 7.89. The maximum Gasteiger partial charge on any atom is 0.224 e. The molecule has 0 aromatic rings. The first-order valence-electron chi connectivity index (χ1n) is 7.45. The number of carbonyl (C=O) groups excluding carboxylic acids is 1. The van der Waals surface area contributed by atoms with E-state index in [9.17, 15) is 13.2 Å². The summed E-state index contributed by atoms with van der Waals surface area (Å²) in [6.07, 6.45) is 2.30. The molecule has 2 rings (SSSR count). The number of piperidine rings is 1. The molecule has 2 saturated heterocycles. The van der Waals surface area contributed by atoms with E-state index in [1.165, 1.54) is 4.31 Å². The fourth-order valence-electron chi connectivity index (χ4n) is 2.99. The van der Waals surface area contributed by atoms with E-state index in [4.69, 9.17) is 0 Å². The van der Waals surface area contributed by atoms with Crippen molar-refractivity contribution in [1.29, 1.82) is 0 Å². The minimum Gasteiger partial charge on any atom is -0.353 e.